The van der Waals surface area contributed by atoms with E-state index in [4.69, 9.17) is 14.6 Å². The predicted molar refractivity (Wildman–Crippen MR) is 64.3 cm³/mol. The Kier molecular flexibility index (Phi) is 4.71. The van der Waals surface area contributed by atoms with Gasteiger partial charge in [-0.15, -0.1) is 0 Å². The summed E-state index contributed by atoms with van der Waals surface area (Å²) in [6.07, 6.45) is -1.24. The second-order valence-corrected chi connectivity index (χ2v) is 4.06. The Hall–Kier alpha value is -2.04. The first-order chi connectivity index (χ1) is 8.40. The predicted octanol–water partition coefficient (Wildman–Crippen LogP) is 2.16. The summed E-state index contributed by atoms with van der Waals surface area (Å²) < 4.78 is 10.2. The number of rotatable bonds is 5. The fraction of sp³-hybridized carbons (Fsp3) is 0.385. The highest BCUT2D eigenvalue weighted by Crippen LogP contribution is 2.21. The number of hydrogen-bond donors (Lipinski definition) is 1. The molecule has 18 heavy (non-hydrogen) atoms. The van der Waals surface area contributed by atoms with Crippen molar-refractivity contribution < 1.29 is 24.2 Å². The molecule has 1 unspecified atom stereocenters. The number of hydrogen-bond acceptors (Lipinski definition) is 4. The van der Waals surface area contributed by atoms with Crippen molar-refractivity contribution in [3.05, 3.63) is 29.8 Å². The summed E-state index contributed by atoms with van der Waals surface area (Å²) in [6, 6.07) is 6.43. The Balaban J connectivity index is 2.86. The zero-order valence-electron chi connectivity index (χ0n) is 10.5. The van der Waals surface area contributed by atoms with Gasteiger partial charge in [0.2, 0.25) is 6.10 Å². The molecule has 0 heterocycles. The molecule has 1 atom stereocenters. The first-order valence-electron chi connectivity index (χ1n) is 5.56. The fourth-order valence-corrected chi connectivity index (χ4v) is 1.42. The van der Waals surface area contributed by atoms with Crippen LogP contribution in [-0.4, -0.2) is 23.1 Å². The molecule has 1 N–H and O–H groups in total. The Morgan fingerprint density at radius 3 is 2.11 bits per heavy atom. The van der Waals surface area contributed by atoms with E-state index in [1.807, 2.05) is 13.8 Å². The van der Waals surface area contributed by atoms with E-state index in [1.165, 1.54) is 6.92 Å². The van der Waals surface area contributed by atoms with Crippen LogP contribution in [0.25, 0.3) is 0 Å². The second kappa shape index (κ2) is 6.05. The molecule has 5 nitrogen and oxygen atoms in total. The molecule has 0 amide bonds. The standard InChI is InChI=1S/C13H16O5/c1-8(2)17-11-6-4-10(5-7-11)12(13(15)16)18-9(3)14/h4-8,12H,1-3H3,(H,15,16). The highest BCUT2D eigenvalue weighted by Gasteiger charge is 2.22. The molecular formula is C13H16O5. The van der Waals surface area contributed by atoms with E-state index >= 15 is 0 Å². The van der Waals surface area contributed by atoms with Crippen LogP contribution in [0, 0.1) is 0 Å². The maximum atomic E-state index is 11.0. The van der Waals surface area contributed by atoms with Gasteiger partial charge in [0.1, 0.15) is 5.75 Å². The Labute approximate surface area is 105 Å². The largest absolute Gasteiger partial charge is 0.491 e. The molecule has 1 aromatic rings. The van der Waals surface area contributed by atoms with Gasteiger partial charge in [-0.1, -0.05) is 12.1 Å². The van der Waals surface area contributed by atoms with E-state index in [0.717, 1.165) is 0 Å². The van der Waals surface area contributed by atoms with E-state index in [2.05, 4.69) is 0 Å². The van der Waals surface area contributed by atoms with Crippen LogP contribution < -0.4 is 4.74 Å². The molecule has 0 aliphatic heterocycles. The van der Waals surface area contributed by atoms with Gasteiger partial charge in [0.15, 0.2) is 0 Å². The molecule has 5 heteroatoms. The quantitative estimate of drug-likeness (QED) is 0.813. The van der Waals surface area contributed by atoms with Crippen LogP contribution in [0.15, 0.2) is 24.3 Å². The van der Waals surface area contributed by atoms with Crippen molar-refractivity contribution in [2.45, 2.75) is 33.0 Å². The minimum atomic E-state index is -1.28. The number of esters is 1. The highest BCUT2D eigenvalue weighted by molar-refractivity contribution is 5.78. The van der Waals surface area contributed by atoms with E-state index in [-0.39, 0.29) is 6.10 Å². The van der Waals surface area contributed by atoms with Crippen molar-refractivity contribution in [1.29, 1.82) is 0 Å². The number of benzene rings is 1. The van der Waals surface area contributed by atoms with Crippen molar-refractivity contribution >= 4 is 11.9 Å². The molecule has 1 rings (SSSR count). The summed E-state index contributed by atoms with van der Waals surface area (Å²) in [5.74, 6) is -1.20. The van der Waals surface area contributed by atoms with Gasteiger partial charge in [-0.2, -0.15) is 0 Å². The van der Waals surface area contributed by atoms with Crippen LogP contribution in [0.1, 0.15) is 32.4 Å². The average molecular weight is 252 g/mol. The van der Waals surface area contributed by atoms with E-state index < -0.39 is 18.0 Å². The SMILES string of the molecule is CC(=O)OC(C(=O)O)c1ccc(OC(C)C)cc1. The molecule has 0 fully saturated rings. The number of aliphatic carboxylic acids is 1. The maximum absolute atomic E-state index is 11.0. The lowest BCUT2D eigenvalue weighted by Gasteiger charge is -2.14. The summed E-state index contributed by atoms with van der Waals surface area (Å²) in [5.41, 5.74) is 0.397. The zero-order chi connectivity index (χ0) is 13.7. The molecule has 0 radical (unpaired) electrons. The summed E-state index contributed by atoms with van der Waals surface area (Å²) in [4.78, 5) is 21.8. The number of carboxylic acid groups (broad SMARTS) is 1. The zero-order valence-corrected chi connectivity index (χ0v) is 10.5. The van der Waals surface area contributed by atoms with Crippen LogP contribution >= 0.6 is 0 Å². The average Bonchev–Trinajstić information content (AvgIpc) is 2.26. The molecule has 0 spiro atoms. The first kappa shape index (κ1) is 14.0. The van der Waals surface area contributed by atoms with Gasteiger partial charge in [-0.3, -0.25) is 4.79 Å². The second-order valence-electron chi connectivity index (χ2n) is 4.06. The third-order valence-electron chi connectivity index (χ3n) is 2.06. The van der Waals surface area contributed by atoms with E-state index in [9.17, 15) is 9.59 Å². The van der Waals surface area contributed by atoms with Gasteiger partial charge < -0.3 is 14.6 Å². The minimum Gasteiger partial charge on any atom is -0.491 e. The molecule has 98 valence electrons. The van der Waals surface area contributed by atoms with Gasteiger partial charge in [-0.25, -0.2) is 4.79 Å². The van der Waals surface area contributed by atoms with Crippen LogP contribution in [-0.2, 0) is 14.3 Å². The Bertz CT molecular complexity index is 422. The lowest BCUT2D eigenvalue weighted by molar-refractivity contribution is -0.163. The lowest BCUT2D eigenvalue weighted by atomic mass is 10.1. The molecule has 0 aliphatic rings. The lowest BCUT2D eigenvalue weighted by Crippen LogP contribution is -2.17. The fourth-order valence-electron chi connectivity index (χ4n) is 1.42. The van der Waals surface area contributed by atoms with E-state index in [0.29, 0.717) is 11.3 Å². The molecule has 0 saturated carbocycles. The summed E-state index contributed by atoms with van der Waals surface area (Å²) in [5, 5.41) is 8.98. The minimum absolute atomic E-state index is 0.0413. The molecule has 0 saturated heterocycles. The van der Waals surface area contributed by atoms with Crippen molar-refractivity contribution in [3.63, 3.8) is 0 Å². The molecule has 1 aromatic carbocycles. The van der Waals surface area contributed by atoms with Gasteiger partial charge in [-0.05, 0) is 26.0 Å². The summed E-state index contributed by atoms with van der Waals surface area (Å²) in [6.45, 7) is 4.96. The maximum Gasteiger partial charge on any atom is 0.349 e. The van der Waals surface area contributed by atoms with Crippen molar-refractivity contribution in [3.8, 4) is 5.75 Å². The van der Waals surface area contributed by atoms with Gasteiger partial charge >= 0.3 is 11.9 Å². The molecular weight excluding hydrogens is 236 g/mol. The van der Waals surface area contributed by atoms with Gasteiger partial charge in [0, 0.05) is 12.5 Å². The van der Waals surface area contributed by atoms with Gasteiger partial charge in [0.05, 0.1) is 6.10 Å². The number of carbonyl (C=O) groups excluding carboxylic acids is 1. The van der Waals surface area contributed by atoms with Gasteiger partial charge in [0.25, 0.3) is 0 Å². The number of carboxylic acids is 1. The number of carbonyl (C=O) groups is 2. The summed E-state index contributed by atoms with van der Waals surface area (Å²) in [7, 11) is 0. The third kappa shape index (κ3) is 4.08. The highest BCUT2D eigenvalue weighted by atomic mass is 16.6. The Morgan fingerprint density at radius 1 is 1.17 bits per heavy atom. The Morgan fingerprint density at radius 2 is 1.72 bits per heavy atom. The summed E-state index contributed by atoms with van der Waals surface area (Å²) >= 11 is 0. The number of ether oxygens (including phenoxy) is 2. The topological polar surface area (TPSA) is 72.8 Å². The first-order valence-corrected chi connectivity index (χ1v) is 5.56. The van der Waals surface area contributed by atoms with Crippen molar-refractivity contribution in [1.82, 2.24) is 0 Å². The van der Waals surface area contributed by atoms with Crippen LogP contribution in [0.5, 0.6) is 5.75 Å². The third-order valence-corrected chi connectivity index (χ3v) is 2.06. The monoisotopic (exact) mass is 252 g/mol. The smallest absolute Gasteiger partial charge is 0.349 e. The van der Waals surface area contributed by atoms with Crippen LogP contribution in [0.2, 0.25) is 0 Å². The molecule has 0 aromatic heterocycles. The normalized spacial score (nSPS) is 12.0. The van der Waals surface area contributed by atoms with Crippen LogP contribution in [0.4, 0.5) is 0 Å². The van der Waals surface area contributed by atoms with Crippen molar-refractivity contribution in [2.24, 2.45) is 0 Å². The van der Waals surface area contributed by atoms with Crippen molar-refractivity contribution in [2.75, 3.05) is 0 Å². The van der Waals surface area contributed by atoms with E-state index in [1.54, 1.807) is 24.3 Å². The van der Waals surface area contributed by atoms with Crippen LogP contribution in [0.3, 0.4) is 0 Å². The molecule has 0 aliphatic carbocycles. The molecule has 0 bridgehead atoms.